The van der Waals surface area contributed by atoms with Crippen LogP contribution in [0, 0.1) is 5.92 Å². The van der Waals surface area contributed by atoms with Crippen LogP contribution in [-0.4, -0.2) is 37.2 Å². The number of pyridine rings is 1. The molecule has 5 nitrogen and oxygen atoms in total. The first-order valence-corrected chi connectivity index (χ1v) is 6.77. The SMILES string of the molecule is CCC1OCCC1CNC(=O)c1ccncc1NC. The summed E-state index contributed by atoms with van der Waals surface area (Å²) < 4.78 is 5.62. The molecule has 2 unspecified atom stereocenters. The van der Waals surface area contributed by atoms with E-state index < -0.39 is 0 Å². The number of ether oxygens (including phenoxy) is 1. The monoisotopic (exact) mass is 263 g/mol. The van der Waals surface area contributed by atoms with E-state index in [-0.39, 0.29) is 12.0 Å². The van der Waals surface area contributed by atoms with Gasteiger partial charge in [-0.15, -0.1) is 0 Å². The molecule has 1 fully saturated rings. The van der Waals surface area contributed by atoms with E-state index in [4.69, 9.17) is 4.74 Å². The summed E-state index contributed by atoms with van der Waals surface area (Å²) in [6, 6.07) is 1.73. The summed E-state index contributed by atoms with van der Waals surface area (Å²) >= 11 is 0. The van der Waals surface area contributed by atoms with E-state index >= 15 is 0 Å². The van der Waals surface area contributed by atoms with Gasteiger partial charge in [-0.1, -0.05) is 6.92 Å². The first-order valence-electron chi connectivity index (χ1n) is 6.77. The minimum Gasteiger partial charge on any atom is -0.386 e. The van der Waals surface area contributed by atoms with E-state index in [1.165, 1.54) is 0 Å². The van der Waals surface area contributed by atoms with Gasteiger partial charge in [0.05, 0.1) is 23.6 Å². The molecule has 2 N–H and O–H groups in total. The summed E-state index contributed by atoms with van der Waals surface area (Å²) in [5, 5.41) is 5.97. The normalized spacial score (nSPS) is 22.2. The van der Waals surface area contributed by atoms with Crippen molar-refractivity contribution in [2.24, 2.45) is 5.92 Å². The topological polar surface area (TPSA) is 63.2 Å². The summed E-state index contributed by atoms with van der Waals surface area (Å²) in [6.45, 7) is 3.59. The van der Waals surface area contributed by atoms with E-state index in [9.17, 15) is 4.79 Å². The molecule has 2 rings (SSSR count). The number of amides is 1. The second kappa shape index (κ2) is 6.52. The lowest BCUT2D eigenvalue weighted by molar-refractivity contribution is 0.0827. The van der Waals surface area contributed by atoms with Crippen LogP contribution in [0.1, 0.15) is 30.1 Å². The molecule has 19 heavy (non-hydrogen) atoms. The summed E-state index contributed by atoms with van der Waals surface area (Å²) in [4.78, 5) is 16.2. The maximum absolute atomic E-state index is 12.2. The van der Waals surface area contributed by atoms with Crippen LogP contribution >= 0.6 is 0 Å². The Kier molecular flexibility index (Phi) is 4.74. The van der Waals surface area contributed by atoms with Crippen LogP contribution in [0.4, 0.5) is 5.69 Å². The van der Waals surface area contributed by atoms with Crippen molar-refractivity contribution >= 4 is 11.6 Å². The molecule has 0 bridgehead atoms. The molecule has 1 amide bonds. The highest BCUT2D eigenvalue weighted by Gasteiger charge is 2.27. The van der Waals surface area contributed by atoms with Crippen LogP contribution in [0.3, 0.4) is 0 Å². The fraction of sp³-hybridized carbons (Fsp3) is 0.571. The molecule has 0 saturated carbocycles. The lowest BCUT2D eigenvalue weighted by atomic mass is 9.99. The Morgan fingerprint density at radius 3 is 3.16 bits per heavy atom. The number of anilines is 1. The van der Waals surface area contributed by atoms with E-state index in [0.29, 0.717) is 18.0 Å². The average molecular weight is 263 g/mol. The Labute approximate surface area is 113 Å². The van der Waals surface area contributed by atoms with Crippen molar-refractivity contribution < 1.29 is 9.53 Å². The van der Waals surface area contributed by atoms with Gasteiger partial charge < -0.3 is 15.4 Å². The molecule has 0 spiro atoms. The predicted octanol–water partition coefficient (Wildman–Crippen LogP) is 1.67. The highest BCUT2D eigenvalue weighted by Crippen LogP contribution is 2.22. The third-order valence-corrected chi connectivity index (χ3v) is 3.61. The highest BCUT2D eigenvalue weighted by atomic mass is 16.5. The number of nitrogens with zero attached hydrogens (tertiary/aromatic N) is 1. The molecule has 1 saturated heterocycles. The summed E-state index contributed by atoms with van der Waals surface area (Å²) in [5.74, 6) is 0.363. The van der Waals surface area contributed by atoms with E-state index in [2.05, 4.69) is 22.5 Å². The van der Waals surface area contributed by atoms with Gasteiger partial charge in [0.25, 0.3) is 5.91 Å². The standard InChI is InChI=1S/C14H21N3O2/c1-3-13-10(5-7-19-13)8-17-14(18)11-4-6-16-9-12(11)15-2/h4,6,9-10,13,15H,3,5,7-8H2,1-2H3,(H,17,18). The molecular weight excluding hydrogens is 242 g/mol. The zero-order valence-corrected chi connectivity index (χ0v) is 11.5. The molecule has 0 aromatic carbocycles. The van der Waals surface area contributed by atoms with Crippen LogP contribution in [0.25, 0.3) is 0 Å². The Morgan fingerprint density at radius 1 is 1.58 bits per heavy atom. The Morgan fingerprint density at radius 2 is 2.42 bits per heavy atom. The zero-order chi connectivity index (χ0) is 13.7. The largest absolute Gasteiger partial charge is 0.386 e. The van der Waals surface area contributed by atoms with E-state index in [0.717, 1.165) is 25.1 Å². The summed E-state index contributed by atoms with van der Waals surface area (Å²) in [7, 11) is 1.78. The molecule has 1 aliphatic rings. The molecule has 1 aromatic heterocycles. The summed E-state index contributed by atoms with van der Waals surface area (Å²) in [5.41, 5.74) is 1.37. The van der Waals surface area contributed by atoms with Crippen molar-refractivity contribution in [3.63, 3.8) is 0 Å². The Balaban J connectivity index is 1.94. The Hall–Kier alpha value is -1.62. The maximum Gasteiger partial charge on any atom is 0.253 e. The molecule has 5 heteroatoms. The lowest BCUT2D eigenvalue weighted by Gasteiger charge is -2.17. The van der Waals surface area contributed by atoms with Crippen LogP contribution in [0.15, 0.2) is 18.5 Å². The van der Waals surface area contributed by atoms with Crippen LogP contribution in [0.5, 0.6) is 0 Å². The second-order valence-electron chi connectivity index (χ2n) is 4.75. The van der Waals surface area contributed by atoms with Gasteiger partial charge in [-0.3, -0.25) is 9.78 Å². The van der Waals surface area contributed by atoms with Gasteiger partial charge in [-0.2, -0.15) is 0 Å². The van der Waals surface area contributed by atoms with E-state index in [1.54, 1.807) is 25.5 Å². The van der Waals surface area contributed by atoms with Crippen molar-refractivity contribution in [1.29, 1.82) is 0 Å². The molecule has 2 heterocycles. The van der Waals surface area contributed by atoms with Gasteiger partial charge in [0.2, 0.25) is 0 Å². The minimum absolute atomic E-state index is 0.0616. The zero-order valence-electron chi connectivity index (χ0n) is 11.5. The third kappa shape index (κ3) is 3.23. The highest BCUT2D eigenvalue weighted by molar-refractivity contribution is 5.99. The number of aromatic nitrogens is 1. The summed E-state index contributed by atoms with van der Waals surface area (Å²) in [6.07, 6.45) is 5.58. The molecule has 2 atom stereocenters. The van der Waals surface area contributed by atoms with Gasteiger partial charge >= 0.3 is 0 Å². The molecule has 1 aromatic rings. The number of hydrogen-bond donors (Lipinski definition) is 2. The van der Waals surface area contributed by atoms with Crippen LogP contribution in [0.2, 0.25) is 0 Å². The maximum atomic E-state index is 12.2. The number of rotatable bonds is 5. The quantitative estimate of drug-likeness (QED) is 0.848. The van der Waals surface area contributed by atoms with Gasteiger partial charge in [0, 0.05) is 32.3 Å². The van der Waals surface area contributed by atoms with Crippen LogP contribution in [-0.2, 0) is 4.74 Å². The van der Waals surface area contributed by atoms with Crippen molar-refractivity contribution in [3.05, 3.63) is 24.0 Å². The Bertz CT molecular complexity index is 436. The van der Waals surface area contributed by atoms with E-state index in [1.807, 2.05) is 0 Å². The van der Waals surface area contributed by atoms with Crippen molar-refractivity contribution in [3.8, 4) is 0 Å². The molecule has 0 aliphatic carbocycles. The number of nitrogens with one attached hydrogen (secondary N) is 2. The van der Waals surface area contributed by atoms with Crippen LogP contribution < -0.4 is 10.6 Å². The van der Waals surface area contributed by atoms with Crippen molar-refractivity contribution in [2.75, 3.05) is 25.5 Å². The molecule has 104 valence electrons. The fourth-order valence-electron chi connectivity index (χ4n) is 2.49. The smallest absolute Gasteiger partial charge is 0.253 e. The fourth-order valence-corrected chi connectivity index (χ4v) is 2.49. The van der Waals surface area contributed by atoms with Gasteiger partial charge in [-0.25, -0.2) is 0 Å². The molecule has 0 radical (unpaired) electrons. The first kappa shape index (κ1) is 13.8. The average Bonchev–Trinajstić information content (AvgIpc) is 2.92. The molecule has 1 aliphatic heterocycles. The third-order valence-electron chi connectivity index (χ3n) is 3.61. The second-order valence-corrected chi connectivity index (χ2v) is 4.75. The van der Waals surface area contributed by atoms with Gasteiger partial charge in [0.1, 0.15) is 0 Å². The lowest BCUT2D eigenvalue weighted by Crippen LogP contribution is -2.33. The first-order chi connectivity index (χ1) is 9.26. The van der Waals surface area contributed by atoms with Gasteiger partial charge in [0.15, 0.2) is 0 Å². The number of carbonyl (C=O) groups is 1. The van der Waals surface area contributed by atoms with Crippen molar-refractivity contribution in [1.82, 2.24) is 10.3 Å². The van der Waals surface area contributed by atoms with Crippen molar-refractivity contribution in [2.45, 2.75) is 25.9 Å². The predicted molar refractivity (Wildman–Crippen MR) is 74.3 cm³/mol. The van der Waals surface area contributed by atoms with Gasteiger partial charge in [-0.05, 0) is 18.9 Å². The molecular formula is C14H21N3O2. The number of carbonyl (C=O) groups excluding carboxylic acids is 1. The number of hydrogen-bond acceptors (Lipinski definition) is 4. The minimum atomic E-state index is -0.0616.